The van der Waals surface area contributed by atoms with E-state index in [1.165, 1.54) is 95.6 Å². The second-order valence-electron chi connectivity index (χ2n) is 9.65. The van der Waals surface area contributed by atoms with Gasteiger partial charge in [0.05, 0.1) is 51.2 Å². The van der Waals surface area contributed by atoms with E-state index in [9.17, 15) is 10.1 Å². The van der Waals surface area contributed by atoms with Gasteiger partial charge in [0.15, 0.2) is 0 Å². The summed E-state index contributed by atoms with van der Waals surface area (Å²) in [5.41, 5.74) is 0.0440. The minimum atomic E-state index is -0.437. The number of rotatable bonds is 29. The van der Waals surface area contributed by atoms with Crippen LogP contribution in [-0.4, -0.2) is 64.4 Å². The third kappa shape index (κ3) is 22.3. The minimum absolute atomic E-state index is 0.0440. The summed E-state index contributed by atoms with van der Waals surface area (Å²) in [4.78, 5) is 10.2. The van der Waals surface area contributed by atoms with E-state index in [2.05, 4.69) is 6.92 Å². The lowest BCUT2D eigenvalue weighted by Crippen LogP contribution is -2.13. The average Bonchev–Trinajstić information content (AvgIpc) is 2.93. The molecule has 0 heterocycles. The zero-order valence-electron chi connectivity index (χ0n) is 23.9. The quantitative estimate of drug-likeness (QED) is 0.0591. The molecule has 0 saturated heterocycles. The Labute approximate surface area is 230 Å². The first-order valence-electron chi connectivity index (χ1n) is 14.9. The van der Waals surface area contributed by atoms with Crippen LogP contribution in [0.3, 0.4) is 0 Å². The maximum Gasteiger partial charge on any atom is 0.269 e. The zero-order chi connectivity index (χ0) is 27.4. The summed E-state index contributed by atoms with van der Waals surface area (Å²) in [6.07, 6.45) is 19.2. The van der Waals surface area contributed by atoms with E-state index in [0.29, 0.717) is 58.6 Å². The van der Waals surface area contributed by atoms with Crippen LogP contribution < -0.4 is 4.74 Å². The monoisotopic (exact) mass is 539 g/mol. The highest BCUT2D eigenvalue weighted by Gasteiger charge is 2.04. The first-order chi connectivity index (χ1) is 18.7. The third-order valence-corrected chi connectivity index (χ3v) is 6.30. The fraction of sp³-hybridized carbons (Fsp3) is 0.800. The molecule has 0 amide bonds. The molecule has 8 heteroatoms. The molecule has 0 aliphatic rings. The molecule has 8 nitrogen and oxygen atoms in total. The molecule has 0 bridgehead atoms. The fourth-order valence-corrected chi connectivity index (χ4v) is 4.04. The molecule has 0 aliphatic carbocycles. The van der Waals surface area contributed by atoms with Gasteiger partial charge in [-0.3, -0.25) is 10.1 Å². The number of ether oxygens (including phenoxy) is 5. The third-order valence-electron chi connectivity index (χ3n) is 6.30. The Kier molecular flexibility index (Phi) is 24.2. The SMILES string of the molecule is CCCCCCCCCCCCCCCCOCCOCCOCCOCCOc1ccc([N+](=O)[O-])cc1. The van der Waals surface area contributed by atoms with Gasteiger partial charge in [-0.2, -0.15) is 0 Å². The summed E-state index contributed by atoms with van der Waals surface area (Å²) in [5, 5.41) is 10.6. The van der Waals surface area contributed by atoms with Crippen molar-refractivity contribution in [2.45, 2.75) is 96.8 Å². The zero-order valence-corrected chi connectivity index (χ0v) is 23.9. The van der Waals surface area contributed by atoms with Gasteiger partial charge in [-0.05, 0) is 18.6 Å². The van der Waals surface area contributed by atoms with E-state index in [4.69, 9.17) is 23.7 Å². The van der Waals surface area contributed by atoms with Gasteiger partial charge < -0.3 is 23.7 Å². The minimum Gasteiger partial charge on any atom is -0.491 e. The second kappa shape index (κ2) is 26.9. The van der Waals surface area contributed by atoms with Crippen LogP contribution >= 0.6 is 0 Å². The summed E-state index contributed by atoms with van der Waals surface area (Å²) in [7, 11) is 0. The molecule has 0 fully saturated rings. The van der Waals surface area contributed by atoms with Gasteiger partial charge >= 0.3 is 0 Å². The summed E-state index contributed by atoms with van der Waals surface area (Å²) in [5.74, 6) is 0.580. The number of nitro benzene ring substituents is 1. The van der Waals surface area contributed by atoms with Crippen molar-refractivity contribution >= 4 is 5.69 Å². The van der Waals surface area contributed by atoms with Crippen molar-refractivity contribution in [3.63, 3.8) is 0 Å². The number of unbranched alkanes of at least 4 members (excludes halogenated alkanes) is 13. The van der Waals surface area contributed by atoms with Crippen molar-refractivity contribution in [3.05, 3.63) is 34.4 Å². The topological polar surface area (TPSA) is 89.3 Å². The summed E-state index contributed by atoms with van der Waals surface area (Å²) >= 11 is 0. The molecule has 0 aliphatic heterocycles. The number of hydrogen-bond acceptors (Lipinski definition) is 7. The molecule has 0 unspecified atom stereocenters. The molecule has 0 spiro atoms. The first kappa shape index (κ1) is 34.3. The number of hydrogen-bond donors (Lipinski definition) is 0. The maximum atomic E-state index is 10.6. The molecule has 0 N–H and O–H groups in total. The van der Waals surface area contributed by atoms with Crippen LogP contribution in [0.4, 0.5) is 5.69 Å². The normalized spacial score (nSPS) is 11.2. The molecule has 0 atom stereocenters. The molecule has 1 aromatic rings. The van der Waals surface area contributed by atoms with Crippen LogP contribution in [0.5, 0.6) is 5.75 Å². The van der Waals surface area contributed by atoms with E-state index >= 15 is 0 Å². The van der Waals surface area contributed by atoms with E-state index in [1.807, 2.05) is 0 Å². The summed E-state index contributed by atoms with van der Waals surface area (Å²) < 4.78 is 27.6. The molecular weight excluding hydrogens is 486 g/mol. The Hall–Kier alpha value is -1.74. The predicted molar refractivity (Wildman–Crippen MR) is 152 cm³/mol. The Morgan fingerprint density at radius 3 is 1.32 bits per heavy atom. The number of nitro groups is 1. The average molecular weight is 540 g/mol. The van der Waals surface area contributed by atoms with Crippen molar-refractivity contribution in [2.24, 2.45) is 0 Å². The largest absolute Gasteiger partial charge is 0.491 e. The van der Waals surface area contributed by atoms with Crippen molar-refractivity contribution in [1.29, 1.82) is 0 Å². The second-order valence-corrected chi connectivity index (χ2v) is 9.65. The van der Waals surface area contributed by atoms with Crippen molar-refractivity contribution in [2.75, 3.05) is 59.5 Å². The lowest BCUT2D eigenvalue weighted by atomic mass is 10.0. The lowest BCUT2D eigenvalue weighted by Gasteiger charge is -2.08. The van der Waals surface area contributed by atoms with Crippen molar-refractivity contribution in [3.8, 4) is 5.75 Å². The lowest BCUT2D eigenvalue weighted by molar-refractivity contribution is -0.384. The fourth-order valence-electron chi connectivity index (χ4n) is 4.04. The maximum absolute atomic E-state index is 10.6. The van der Waals surface area contributed by atoms with Gasteiger partial charge in [-0.25, -0.2) is 0 Å². The summed E-state index contributed by atoms with van der Waals surface area (Å²) in [6, 6.07) is 5.98. The van der Waals surface area contributed by atoms with Gasteiger partial charge in [0.2, 0.25) is 0 Å². The van der Waals surface area contributed by atoms with E-state index in [-0.39, 0.29) is 5.69 Å². The smallest absolute Gasteiger partial charge is 0.269 e. The van der Waals surface area contributed by atoms with Gasteiger partial charge in [0.25, 0.3) is 5.69 Å². The molecule has 1 aromatic carbocycles. The van der Waals surface area contributed by atoms with Crippen LogP contribution in [0.25, 0.3) is 0 Å². The molecule has 0 saturated carbocycles. The van der Waals surface area contributed by atoms with Gasteiger partial charge in [0.1, 0.15) is 12.4 Å². The van der Waals surface area contributed by atoms with Crippen LogP contribution in [0.1, 0.15) is 96.8 Å². The molecule has 1 rings (SSSR count). The van der Waals surface area contributed by atoms with Crippen LogP contribution in [-0.2, 0) is 18.9 Å². The number of nitrogens with zero attached hydrogens (tertiary/aromatic N) is 1. The van der Waals surface area contributed by atoms with Gasteiger partial charge in [0, 0.05) is 18.7 Å². The molecular formula is C30H53NO7. The van der Waals surface area contributed by atoms with Crippen LogP contribution in [0.2, 0.25) is 0 Å². The van der Waals surface area contributed by atoms with E-state index < -0.39 is 4.92 Å². The van der Waals surface area contributed by atoms with Crippen LogP contribution in [0, 0.1) is 10.1 Å². The highest BCUT2D eigenvalue weighted by atomic mass is 16.6. The van der Waals surface area contributed by atoms with E-state index in [0.717, 1.165) is 13.0 Å². The van der Waals surface area contributed by atoms with Crippen molar-refractivity contribution < 1.29 is 28.6 Å². The van der Waals surface area contributed by atoms with Gasteiger partial charge in [-0.15, -0.1) is 0 Å². The number of non-ortho nitro benzene ring substituents is 1. The Bertz CT molecular complexity index is 642. The van der Waals surface area contributed by atoms with E-state index in [1.54, 1.807) is 12.1 Å². The Morgan fingerprint density at radius 2 is 0.895 bits per heavy atom. The number of benzene rings is 1. The molecule has 220 valence electrons. The standard InChI is InChI=1S/C30H53NO7/c1-2-3-4-5-6-7-8-9-10-11-12-13-14-15-20-34-21-22-35-23-24-36-25-26-37-27-28-38-30-18-16-29(17-19-30)31(32)33/h16-19H,2-15,20-28H2,1H3. The highest BCUT2D eigenvalue weighted by Crippen LogP contribution is 2.17. The molecule has 38 heavy (non-hydrogen) atoms. The molecule has 0 aromatic heterocycles. The molecule has 0 radical (unpaired) electrons. The van der Waals surface area contributed by atoms with Crippen molar-refractivity contribution in [1.82, 2.24) is 0 Å². The highest BCUT2D eigenvalue weighted by molar-refractivity contribution is 5.35. The predicted octanol–water partition coefficient (Wildman–Crippen LogP) is 7.52. The Balaban J connectivity index is 1.68. The van der Waals surface area contributed by atoms with Gasteiger partial charge in [-0.1, -0.05) is 90.4 Å². The first-order valence-corrected chi connectivity index (χ1v) is 14.9. The summed E-state index contributed by atoms with van der Waals surface area (Å²) in [6.45, 7) is 7.18. The van der Waals surface area contributed by atoms with Crippen LogP contribution in [0.15, 0.2) is 24.3 Å². The Morgan fingerprint density at radius 1 is 0.526 bits per heavy atom.